The van der Waals surface area contributed by atoms with Gasteiger partial charge in [0.2, 0.25) is 17.5 Å². The molecule has 3 fully saturated rings. The lowest BCUT2D eigenvalue weighted by atomic mass is 10.2. The zero-order valence-electron chi connectivity index (χ0n) is 14.2. The second-order valence-electron chi connectivity index (χ2n) is 6.89. The third-order valence-corrected chi connectivity index (χ3v) is 5.02. The molecule has 0 radical (unpaired) electrons. The lowest BCUT2D eigenvalue weighted by Crippen LogP contribution is -2.52. The molecule has 2 amide bonds. The molecule has 25 heavy (non-hydrogen) atoms. The predicted molar refractivity (Wildman–Crippen MR) is 89.4 cm³/mol. The van der Waals surface area contributed by atoms with E-state index in [0.717, 1.165) is 32.3 Å². The van der Waals surface area contributed by atoms with Crippen LogP contribution >= 0.6 is 0 Å². The average Bonchev–Trinajstić information content (AvgIpc) is 3.20. The van der Waals surface area contributed by atoms with E-state index in [1.807, 2.05) is 4.90 Å². The fraction of sp³-hybridized carbons (Fsp3) is 0.706. The molecule has 3 heterocycles. The van der Waals surface area contributed by atoms with Gasteiger partial charge in [0.15, 0.2) is 0 Å². The van der Waals surface area contributed by atoms with Crippen molar-refractivity contribution in [2.24, 2.45) is 0 Å². The summed E-state index contributed by atoms with van der Waals surface area (Å²) in [6.07, 6.45) is 4.41. The number of amides is 2. The lowest BCUT2D eigenvalue weighted by Gasteiger charge is -2.34. The van der Waals surface area contributed by atoms with E-state index in [1.54, 1.807) is 4.90 Å². The molecule has 3 aliphatic rings. The zero-order chi connectivity index (χ0) is 17.2. The second kappa shape index (κ2) is 6.92. The van der Waals surface area contributed by atoms with Crippen molar-refractivity contribution in [2.45, 2.75) is 37.7 Å². The zero-order valence-corrected chi connectivity index (χ0v) is 14.2. The number of anilines is 1. The van der Waals surface area contributed by atoms with Crippen molar-refractivity contribution < 1.29 is 13.9 Å². The highest BCUT2D eigenvalue weighted by Gasteiger charge is 2.32. The van der Waals surface area contributed by atoms with E-state index < -0.39 is 0 Å². The topological polar surface area (TPSA) is 94.6 Å². The highest BCUT2D eigenvalue weighted by molar-refractivity contribution is 5.74. The van der Waals surface area contributed by atoms with Gasteiger partial charge in [0.05, 0.1) is 6.10 Å². The van der Waals surface area contributed by atoms with Crippen LogP contribution in [0.4, 0.5) is 10.7 Å². The maximum Gasteiger partial charge on any atom is 0.317 e. The van der Waals surface area contributed by atoms with E-state index in [9.17, 15) is 10.1 Å². The first kappa shape index (κ1) is 16.2. The van der Waals surface area contributed by atoms with Crippen LogP contribution in [0.25, 0.3) is 0 Å². The Labute approximate surface area is 146 Å². The van der Waals surface area contributed by atoms with Crippen LogP contribution in [0.2, 0.25) is 0 Å². The summed E-state index contributed by atoms with van der Waals surface area (Å²) < 4.78 is 11.4. The van der Waals surface area contributed by atoms with Gasteiger partial charge >= 0.3 is 6.03 Å². The van der Waals surface area contributed by atoms with Crippen LogP contribution in [0.3, 0.4) is 0 Å². The Bertz CT molecular complexity index is 664. The Morgan fingerprint density at radius 2 is 2.08 bits per heavy atom. The number of carbonyl (C=O) groups is 1. The summed E-state index contributed by atoms with van der Waals surface area (Å²) in [5.41, 5.74) is 0.359. The standard InChI is InChI=1S/C17H23N5O3/c18-10-14-16(25-15(20-14)12-3-4-12)21-5-7-22(8-6-21)17(23)19-11-13-2-1-9-24-13/h12-13H,1-9,11H2,(H,19,23)/t13-/m0/s1. The maximum absolute atomic E-state index is 12.3. The van der Waals surface area contributed by atoms with Crippen molar-refractivity contribution in [3.8, 4) is 6.07 Å². The van der Waals surface area contributed by atoms with E-state index in [-0.39, 0.29) is 12.1 Å². The molecular weight excluding hydrogens is 322 g/mol. The smallest absolute Gasteiger partial charge is 0.317 e. The monoisotopic (exact) mass is 345 g/mol. The molecule has 2 aliphatic heterocycles. The van der Waals surface area contributed by atoms with Gasteiger partial charge in [0.1, 0.15) is 6.07 Å². The van der Waals surface area contributed by atoms with Crippen molar-refractivity contribution >= 4 is 11.9 Å². The molecule has 0 bridgehead atoms. The summed E-state index contributed by atoms with van der Waals surface area (Å²) in [4.78, 5) is 20.4. The highest BCUT2D eigenvalue weighted by Crippen LogP contribution is 2.41. The summed E-state index contributed by atoms with van der Waals surface area (Å²) in [7, 11) is 0. The fourth-order valence-electron chi connectivity index (χ4n) is 3.35. The molecule has 1 aliphatic carbocycles. The normalized spacial score (nSPS) is 23.6. The molecule has 0 aromatic carbocycles. The van der Waals surface area contributed by atoms with Crippen LogP contribution in [0, 0.1) is 11.3 Å². The van der Waals surface area contributed by atoms with Crippen molar-refractivity contribution in [3.05, 3.63) is 11.6 Å². The Morgan fingerprint density at radius 1 is 1.28 bits per heavy atom. The summed E-state index contributed by atoms with van der Waals surface area (Å²) in [5, 5.41) is 12.2. The van der Waals surface area contributed by atoms with E-state index in [2.05, 4.69) is 16.4 Å². The van der Waals surface area contributed by atoms with E-state index in [0.29, 0.717) is 56.1 Å². The number of urea groups is 1. The molecule has 8 heteroatoms. The van der Waals surface area contributed by atoms with Crippen molar-refractivity contribution in [1.29, 1.82) is 5.26 Å². The number of hydrogen-bond acceptors (Lipinski definition) is 6. The molecule has 1 atom stereocenters. The van der Waals surface area contributed by atoms with Crippen molar-refractivity contribution in [3.63, 3.8) is 0 Å². The number of piperazine rings is 1. The third kappa shape index (κ3) is 3.56. The van der Waals surface area contributed by atoms with Gasteiger partial charge < -0.3 is 24.3 Å². The number of nitriles is 1. The molecule has 1 aromatic heterocycles. The number of nitrogens with zero attached hydrogens (tertiary/aromatic N) is 4. The Morgan fingerprint density at radius 3 is 2.72 bits per heavy atom. The lowest BCUT2D eigenvalue weighted by molar-refractivity contribution is 0.108. The molecular formula is C17H23N5O3. The minimum Gasteiger partial charge on any atom is -0.423 e. The van der Waals surface area contributed by atoms with Gasteiger partial charge in [-0.1, -0.05) is 0 Å². The molecule has 8 nitrogen and oxygen atoms in total. The molecule has 1 N–H and O–H groups in total. The SMILES string of the molecule is N#Cc1nc(C2CC2)oc1N1CCN(C(=O)NC[C@@H]2CCCO2)CC1. The van der Waals surface area contributed by atoms with Gasteiger partial charge in [-0.05, 0) is 25.7 Å². The Kier molecular flexibility index (Phi) is 4.49. The quantitative estimate of drug-likeness (QED) is 0.887. The first-order valence-corrected chi connectivity index (χ1v) is 9.04. The number of nitrogens with one attached hydrogen (secondary N) is 1. The molecule has 1 aromatic rings. The van der Waals surface area contributed by atoms with Crippen LogP contribution in [0.15, 0.2) is 4.42 Å². The molecule has 2 saturated heterocycles. The number of hydrogen-bond donors (Lipinski definition) is 1. The van der Waals surface area contributed by atoms with Crippen LogP contribution in [-0.4, -0.2) is 61.3 Å². The largest absolute Gasteiger partial charge is 0.423 e. The third-order valence-electron chi connectivity index (χ3n) is 5.02. The number of carbonyl (C=O) groups excluding carboxylic acids is 1. The van der Waals surface area contributed by atoms with Gasteiger partial charge in [0, 0.05) is 45.2 Å². The minimum absolute atomic E-state index is 0.0492. The van der Waals surface area contributed by atoms with Crippen LogP contribution in [0.1, 0.15) is 43.2 Å². The summed E-state index contributed by atoms with van der Waals surface area (Å²) in [6.45, 7) is 3.84. The van der Waals surface area contributed by atoms with Gasteiger partial charge in [-0.3, -0.25) is 0 Å². The van der Waals surface area contributed by atoms with Crippen LogP contribution in [-0.2, 0) is 4.74 Å². The Balaban J connectivity index is 1.30. The van der Waals surface area contributed by atoms with E-state index in [4.69, 9.17) is 9.15 Å². The van der Waals surface area contributed by atoms with Gasteiger partial charge in [0.25, 0.3) is 0 Å². The van der Waals surface area contributed by atoms with Crippen LogP contribution < -0.4 is 10.2 Å². The predicted octanol–water partition coefficient (Wildman–Crippen LogP) is 1.43. The van der Waals surface area contributed by atoms with E-state index >= 15 is 0 Å². The molecule has 134 valence electrons. The van der Waals surface area contributed by atoms with E-state index in [1.165, 1.54) is 0 Å². The number of aromatic nitrogens is 1. The number of rotatable bonds is 4. The maximum atomic E-state index is 12.3. The second-order valence-corrected chi connectivity index (χ2v) is 6.89. The average molecular weight is 345 g/mol. The molecule has 4 rings (SSSR count). The summed E-state index contributed by atoms with van der Waals surface area (Å²) in [6, 6.07) is 2.08. The number of oxazole rings is 1. The number of ether oxygens (including phenoxy) is 1. The van der Waals surface area contributed by atoms with Crippen LogP contribution in [0.5, 0.6) is 0 Å². The Hall–Kier alpha value is -2.27. The van der Waals surface area contributed by atoms with Gasteiger partial charge in [-0.25, -0.2) is 9.78 Å². The first-order chi connectivity index (χ1) is 12.2. The highest BCUT2D eigenvalue weighted by atomic mass is 16.5. The molecule has 1 saturated carbocycles. The van der Waals surface area contributed by atoms with Gasteiger partial charge in [-0.2, -0.15) is 5.26 Å². The summed E-state index contributed by atoms with van der Waals surface area (Å²) in [5.74, 6) is 1.62. The van der Waals surface area contributed by atoms with Gasteiger partial charge in [-0.15, -0.1) is 0 Å². The first-order valence-electron chi connectivity index (χ1n) is 9.04. The van der Waals surface area contributed by atoms with Crippen molar-refractivity contribution in [1.82, 2.24) is 15.2 Å². The molecule has 0 unspecified atom stereocenters. The molecule has 0 spiro atoms. The van der Waals surface area contributed by atoms with Crippen molar-refractivity contribution in [2.75, 3.05) is 44.2 Å². The minimum atomic E-state index is -0.0492. The fourth-order valence-corrected chi connectivity index (χ4v) is 3.35. The summed E-state index contributed by atoms with van der Waals surface area (Å²) >= 11 is 0.